The fourth-order valence-electron chi connectivity index (χ4n) is 4.35. The summed E-state index contributed by atoms with van der Waals surface area (Å²) < 4.78 is 0. The summed E-state index contributed by atoms with van der Waals surface area (Å²) in [5.41, 5.74) is 13.0. The molecule has 3 N–H and O–H groups in total. The lowest BCUT2D eigenvalue weighted by Crippen LogP contribution is -2.15. The number of pyridine rings is 1. The number of Topliss-reactive ketones (excluding diaryl/α,β-unsaturated/α-hetero) is 1. The minimum absolute atomic E-state index is 0.166. The van der Waals surface area contributed by atoms with Gasteiger partial charge in [-0.1, -0.05) is 65.3 Å². The molecule has 6 heteroatoms. The highest BCUT2D eigenvalue weighted by Crippen LogP contribution is 2.45. The van der Waals surface area contributed by atoms with Crippen LogP contribution in [0.1, 0.15) is 28.4 Å². The Balaban J connectivity index is 1.80. The Morgan fingerprint density at radius 2 is 1.76 bits per heavy atom. The second kappa shape index (κ2) is 8.25. The maximum Gasteiger partial charge on any atom is 0.205 e. The number of allylic oxidation sites excluding steroid dienone is 2. The van der Waals surface area contributed by atoms with Crippen LogP contribution in [-0.2, 0) is 0 Å². The van der Waals surface area contributed by atoms with Crippen LogP contribution in [0.5, 0.6) is 0 Å². The summed E-state index contributed by atoms with van der Waals surface area (Å²) in [6.45, 7) is 5.94. The van der Waals surface area contributed by atoms with E-state index in [1.807, 2.05) is 75.4 Å². The second-order valence-electron chi connectivity index (χ2n) is 8.21. The monoisotopic (exact) mass is 471 g/mol. The first kappa shape index (κ1) is 21.6. The number of nitrogen functional groups attached to an aromatic ring is 1. The lowest BCUT2D eigenvalue weighted by atomic mass is 9.91. The number of anilines is 2. The quantitative estimate of drug-likeness (QED) is 0.305. The summed E-state index contributed by atoms with van der Waals surface area (Å²) in [6.07, 6.45) is 0. The Morgan fingerprint density at radius 1 is 1.03 bits per heavy atom. The van der Waals surface area contributed by atoms with Gasteiger partial charge in [0.05, 0.1) is 21.7 Å². The van der Waals surface area contributed by atoms with E-state index in [1.165, 1.54) is 11.8 Å². The number of aryl methyl sites for hydroxylation is 2. The predicted octanol–water partition coefficient (Wildman–Crippen LogP) is 7.39. The van der Waals surface area contributed by atoms with Crippen LogP contribution in [0, 0.1) is 13.8 Å². The van der Waals surface area contributed by atoms with Gasteiger partial charge in [0.15, 0.2) is 0 Å². The molecule has 0 spiro atoms. The van der Waals surface area contributed by atoms with Gasteiger partial charge in [0.1, 0.15) is 5.82 Å². The number of fused-ring (bicyclic) bond motifs is 2. The normalized spacial score (nSPS) is 13.1. The molecule has 1 aliphatic rings. The molecular weight excluding hydrogens is 450 g/mol. The molecule has 4 aromatic rings. The molecule has 33 heavy (non-hydrogen) atoms. The van der Waals surface area contributed by atoms with Crippen LogP contribution in [0.4, 0.5) is 11.5 Å². The summed E-state index contributed by atoms with van der Waals surface area (Å²) in [5.74, 6) is 0.0367. The third-order valence-electron chi connectivity index (χ3n) is 5.79. The number of ketones is 1. The number of hydrogen-bond acceptors (Lipinski definition) is 5. The van der Waals surface area contributed by atoms with Gasteiger partial charge in [0.25, 0.3) is 0 Å². The van der Waals surface area contributed by atoms with Crippen molar-refractivity contribution in [3.63, 3.8) is 0 Å². The average molecular weight is 472 g/mol. The molecule has 5 rings (SSSR count). The van der Waals surface area contributed by atoms with Crippen molar-refractivity contribution in [3.8, 4) is 11.1 Å². The molecule has 164 valence electrons. The van der Waals surface area contributed by atoms with Crippen LogP contribution in [0.15, 0.2) is 76.2 Å². The van der Waals surface area contributed by atoms with Crippen LogP contribution in [0.3, 0.4) is 0 Å². The van der Waals surface area contributed by atoms with Gasteiger partial charge in [-0.2, -0.15) is 0 Å². The van der Waals surface area contributed by atoms with Crippen molar-refractivity contribution in [2.45, 2.75) is 25.7 Å². The van der Waals surface area contributed by atoms with Gasteiger partial charge in [-0.3, -0.25) is 4.79 Å². The molecular formula is C27H22ClN3OS. The van der Waals surface area contributed by atoms with Crippen molar-refractivity contribution in [2.24, 2.45) is 0 Å². The van der Waals surface area contributed by atoms with Crippen LogP contribution in [0.25, 0.3) is 22.0 Å². The molecule has 1 aliphatic heterocycles. The lowest BCUT2D eigenvalue weighted by molar-refractivity contribution is 0.104. The molecule has 0 fully saturated rings. The Morgan fingerprint density at radius 3 is 2.55 bits per heavy atom. The van der Waals surface area contributed by atoms with Crippen LogP contribution in [-0.4, -0.2) is 10.8 Å². The number of halogens is 1. The molecule has 0 saturated carbocycles. The van der Waals surface area contributed by atoms with Gasteiger partial charge in [-0.05, 0) is 50.6 Å². The van der Waals surface area contributed by atoms with Crippen molar-refractivity contribution < 1.29 is 4.79 Å². The van der Waals surface area contributed by atoms with Crippen LogP contribution in [0.2, 0.25) is 5.02 Å². The Bertz CT molecular complexity index is 1490. The minimum Gasteiger partial charge on any atom is -0.383 e. The Kier molecular flexibility index (Phi) is 5.39. The van der Waals surface area contributed by atoms with Crippen LogP contribution >= 0.6 is 23.4 Å². The molecule has 0 saturated heterocycles. The van der Waals surface area contributed by atoms with E-state index in [-0.39, 0.29) is 11.6 Å². The Hall–Kier alpha value is -3.28. The largest absolute Gasteiger partial charge is 0.383 e. The number of nitrogens with zero attached hydrogens (tertiary/aromatic N) is 1. The van der Waals surface area contributed by atoms with Crippen LogP contribution < -0.4 is 11.1 Å². The number of carbonyl (C=O) groups excluding carboxylic acids is 1. The average Bonchev–Trinajstić information content (AvgIpc) is 2.78. The van der Waals surface area contributed by atoms with E-state index in [2.05, 4.69) is 16.4 Å². The Labute approximate surface area is 201 Å². The van der Waals surface area contributed by atoms with Crippen molar-refractivity contribution in [2.75, 3.05) is 11.1 Å². The molecule has 0 aliphatic carbocycles. The smallest absolute Gasteiger partial charge is 0.205 e. The number of benzene rings is 3. The van der Waals surface area contributed by atoms with Gasteiger partial charge < -0.3 is 11.1 Å². The molecule has 0 unspecified atom stereocenters. The fourth-order valence-corrected chi connectivity index (χ4v) is 5.57. The maximum atomic E-state index is 14.1. The minimum atomic E-state index is -0.166. The second-order valence-corrected chi connectivity index (χ2v) is 9.67. The summed E-state index contributed by atoms with van der Waals surface area (Å²) >= 11 is 8.09. The summed E-state index contributed by atoms with van der Waals surface area (Å²) in [6, 6.07) is 19.6. The molecule has 0 amide bonds. The summed E-state index contributed by atoms with van der Waals surface area (Å²) in [5, 5.41) is 4.78. The van der Waals surface area contributed by atoms with Gasteiger partial charge in [-0.25, -0.2) is 4.98 Å². The van der Waals surface area contributed by atoms with Crippen molar-refractivity contribution in [1.29, 1.82) is 0 Å². The zero-order valence-corrected chi connectivity index (χ0v) is 20.1. The van der Waals surface area contributed by atoms with Gasteiger partial charge in [0, 0.05) is 32.1 Å². The molecule has 4 nitrogen and oxygen atoms in total. The number of thioether (sulfide) groups is 1. The topological polar surface area (TPSA) is 68.0 Å². The third kappa shape index (κ3) is 3.67. The van der Waals surface area contributed by atoms with E-state index in [1.54, 1.807) is 0 Å². The first-order chi connectivity index (χ1) is 15.8. The molecule has 0 bridgehead atoms. The SMILES string of the molecule is CC1=C(C(=O)c2c(N)nc3c(C)cc(C)cc3c2-c2ccccc2Cl)Sc2ccccc2N1. The number of para-hydroxylation sites is 1. The third-order valence-corrected chi connectivity index (χ3v) is 7.39. The number of carbonyl (C=O) groups is 1. The van der Waals surface area contributed by atoms with Gasteiger partial charge in [0.2, 0.25) is 5.78 Å². The van der Waals surface area contributed by atoms with E-state index in [0.29, 0.717) is 15.5 Å². The highest BCUT2D eigenvalue weighted by Gasteiger charge is 2.29. The van der Waals surface area contributed by atoms with E-state index >= 15 is 0 Å². The predicted molar refractivity (Wildman–Crippen MR) is 139 cm³/mol. The first-order valence-corrected chi connectivity index (χ1v) is 11.8. The maximum absolute atomic E-state index is 14.1. The fraction of sp³-hybridized carbons (Fsp3) is 0.111. The zero-order valence-electron chi connectivity index (χ0n) is 18.5. The highest BCUT2D eigenvalue weighted by molar-refractivity contribution is 8.04. The first-order valence-electron chi connectivity index (χ1n) is 10.6. The lowest BCUT2D eigenvalue weighted by Gasteiger charge is -2.23. The van der Waals surface area contributed by atoms with E-state index in [0.717, 1.165) is 49.4 Å². The molecule has 2 heterocycles. The number of rotatable bonds is 3. The zero-order chi connectivity index (χ0) is 23.3. The van der Waals surface area contributed by atoms with E-state index < -0.39 is 0 Å². The summed E-state index contributed by atoms with van der Waals surface area (Å²) in [7, 11) is 0. The van der Waals surface area contributed by atoms with Crippen molar-refractivity contribution in [1.82, 2.24) is 4.98 Å². The standard InChI is InChI=1S/C27H22ClN3OS/c1-14-12-15(2)24-18(13-14)22(17-8-4-5-9-19(17)28)23(27(29)31-24)25(32)26-16(3)30-20-10-6-7-11-21(20)33-26/h4-13,30H,1-3H3,(H2,29,31). The van der Waals surface area contributed by atoms with E-state index in [9.17, 15) is 4.79 Å². The van der Waals surface area contributed by atoms with Gasteiger partial charge in [-0.15, -0.1) is 0 Å². The number of nitrogens with one attached hydrogen (secondary N) is 1. The number of nitrogens with two attached hydrogens (primary N) is 1. The van der Waals surface area contributed by atoms with Crippen molar-refractivity contribution in [3.05, 3.63) is 93.0 Å². The molecule has 0 radical (unpaired) electrons. The van der Waals surface area contributed by atoms with Gasteiger partial charge >= 0.3 is 0 Å². The molecule has 1 aromatic heterocycles. The number of aromatic nitrogens is 1. The molecule has 0 atom stereocenters. The number of hydrogen-bond donors (Lipinski definition) is 2. The van der Waals surface area contributed by atoms with E-state index in [4.69, 9.17) is 17.3 Å². The highest BCUT2D eigenvalue weighted by atomic mass is 35.5. The van der Waals surface area contributed by atoms with Crippen molar-refractivity contribution >= 4 is 51.6 Å². The summed E-state index contributed by atoms with van der Waals surface area (Å²) in [4.78, 5) is 20.3. The molecule has 3 aromatic carbocycles.